The molecular weight excluding hydrogens is 320 g/mol. The van der Waals surface area contributed by atoms with E-state index in [1.165, 1.54) is 0 Å². The van der Waals surface area contributed by atoms with E-state index in [1.807, 2.05) is 20.0 Å². The van der Waals surface area contributed by atoms with Crippen LogP contribution in [0.4, 0.5) is 5.82 Å². The highest BCUT2D eigenvalue weighted by Crippen LogP contribution is 2.18. The fourth-order valence-electron chi connectivity index (χ4n) is 3.12. The topological polar surface area (TPSA) is 102 Å². The van der Waals surface area contributed by atoms with Gasteiger partial charge in [0.05, 0.1) is 24.1 Å². The summed E-state index contributed by atoms with van der Waals surface area (Å²) in [5.41, 5.74) is 2.90. The van der Waals surface area contributed by atoms with Crippen LogP contribution in [0.2, 0.25) is 0 Å². The summed E-state index contributed by atoms with van der Waals surface area (Å²) in [6, 6.07) is 2.10. The SMILES string of the molecule is Cc1cn2nc(NC(=O)c3cn(C4CCNCC4)nn3)cc(C)c2n1. The highest BCUT2D eigenvalue weighted by molar-refractivity contribution is 6.02. The van der Waals surface area contributed by atoms with Crippen molar-refractivity contribution in [2.45, 2.75) is 32.7 Å². The first-order valence-corrected chi connectivity index (χ1v) is 8.38. The second kappa shape index (κ2) is 6.25. The molecule has 4 heterocycles. The molecule has 1 fully saturated rings. The van der Waals surface area contributed by atoms with Gasteiger partial charge in [-0.1, -0.05) is 5.21 Å². The van der Waals surface area contributed by atoms with Gasteiger partial charge in [-0.3, -0.25) is 4.79 Å². The number of nitrogens with zero attached hydrogens (tertiary/aromatic N) is 6. The van der Waals surface area contributed by atoms with E-state index in [1.54, 1.807) is 21.5 Å². The lowest BCUT2D eigenvalue weighted by Gasteiger charge is -2.22. The molecule has 0 radical (unpaired) electrons. The lowest BCUT2D eigenvalue weighted by molar-refractivity contribution is 0.102. The minimum Gasteiger partial charge on any atom is -0.317 e. The molecule has 1 saturated heterocycles. The summed E-state index contributed by atoms with van der Waals surface area (Å²) in [6.07, 6.45) is 5.51. The molecule has 0 aromatic carbocycles. The average Bonchev–Trinajstić information content (AvgIpc) is 3.22. The summed E-state index contributed by atoms with van der Waals surface area (Å²) in [5.74, 6) is 0.145. The van der Waals surface area contributed by atoms with E-state index in [-0.39, 0.29) is 5.91 Å². The smallest absolute Gasteiger partial charge is 0.279 e. The third-order valence-corrected chi connectivity index (χ3v) is 4.40. The van der Waals surface area contributed by atoms with Crippen molar-refractivity contribution < 1.29 is 4.79 Å². The van der Waals surface area contributed by atoms with Gasteiger partial charge in [0.25, 0.3) is 5.91 Å². The number of rotatable bonds is 3. The molecule has 0 unspecified atom stereocenters. The Morgan fingerprint density at radius 1 is 1.28 bits per heavy atom. The van der Waals surface area contributed by atoms with Crippen LogP contribution in [0.15, 0.2) is 18.5 Å². The molecule has 1 aliphatic heterocycles. The van der Waals surface area contributed by atoms with Gasteiger partial charge in [0.2, 0.25) is 0 Å². The summed E-state index contributed by atoms with van der Waals surface area (Å²) in [7, 11) is 0. The van der Waals surface area contributed by atoms with E-state index in [2.05, 4.69) is 31.0 Å². The number of piperidine rings is 1. The van der Waals surface area contributed by atoms with Crippen LogP contribution in [0.3, 0.4) is 0 Å². The quantitative estimate of drug-likeness (QED) is 0.741. The summed E-state index contributed by atoms with van der Waals surface area (Å²) >= 11 is 0. The number of hydrogen-bond acceptors (Lipinski definition) is 6. The normalized spacial score (nSPS) is 15.6. The maximum Gasteiger partial charge on any atom is 0.279 e. The summed E-state index contributed by atoms with van der Waals surface area (Å²) in [4.78, 5) is 16.9. The van der Waals surface area contributed by atoms with Crippen molar-refractivity contribution in [3.05, 3.63) is 35.4 Å². The molecule has 3 aromatic rings. The Balaban J connectivity index is 1.53. The number of hydrogen-bond donors (Lipinski definition) is 2. The minimum atomic E-state index is -0.316. The number of fused-ring (bicyclic) bond motifs is 1. The standard InChI is InChI=1S/C16H20N8O/c1-10-7-14(21-24-8-11(2)18-15(10)24)19-16(25)13-9-23(22-20-13)12-3-5-17-6-4-12/h7-9,12,17H,3-6H2,1-2H3,(H,19,21,25). The minimum absolute atomic E-state index is 0.292. The van der Waals surface area contributed by atoms with E-state index in [0.717, 1.165) is 42.8 Å². The zero-order valence-electron chi connectivity index (χ0n) is 14.2. The Kier molecular flexibility index (Phi) is 3.92. The number of imidazole rings is 1. The van der Waals surface area contributed by atoms with Crippen molar-refractivity contribution in [3.8, 4) is 0 Å². The number of aromatic nitrogens is 6. The lowest BCUT2D eigenvalue weighted by atomic mass is 10.1. The number of aryl methyl sites for hydroxylation is 2. The van der Waals surface area contributed by atoms with Gasteiger partial charge >= 0.3 is 0 Å². The first-order chi connectivity index (χ1) is 12.1. The van der Waals surface area contributed by atoms with Crippen molar-refractivity contribution in [1.29, 1.82) is 0 Å². The summed E-state index contributed by atoms with van der Waals surface area (Å²) in [6.45, 7) is 5.76. The number of nitrogens with one attached hydrogen (secondary N) is 2. The molecule has 0 atom stereocenters. The van der Waals surface area contributed by atoms with Crippen molar-refractivity contribution in [3.63, 3.8) is 0 Å². The fraction of sp³-hybridized carbons (Fsp3) is 0.438. The van der Waals surface area contributed by atoms with Crippen LogP contribution in [-0.4, -0.2) is 48.6 Å². The molecule has 9 heteroatoms. The number of anilines is 1. The first kappa shape index (κ1) is 15.7. The molecule has 0 spiro atoms. The van der Waals surface area contributed by atoms with Crippen LogP contribution in [0.1, 0.15) is 40.6 Å². The predicted octanol–water partition coefficient (Wildman–Crippen LogP) is 1.11. The predicted molar refractivity (Wildman–Crippen MR) is 91.6 cm³/mol. The molecule has 4 rings (SSSR count). The Bertz CT molecular complexity index is 922. The van der Waals surface area contributed by atoms with Gasteiger partial charge in [-0.15, -0.1) is 10.2 Å². The van der Waals surface area contributed by atoms with Gasteiger partial charge in [-0.2, -0.15) is 0 Å². The maximum atomic E-state index is 12.5. The molecule has 0 bridgehead atoms. The second-order valence-corrected chi connectivity index (χ2v) is 6.38. The van der Waals surface area contributed by atoms with Crippen LogP contribution >= 0.6 is 0 Å². The van der Waals surface area contributed by atoms with Crippen LogP contribution in [-0.2, 0) is 0 Å². The Hall–Kier alpha value is -2.81. The third-order valence-electron chi connectivity index (χ3n) is 4.40. The van der Waals surface area contributed by atoms with Crippen molar-refractivity contribution in [2.24, 2.45) is 0 Å². The average molecular weight is 340 g/mol. The largest absolute Gasteiger partial charge is 0.317 e. The molecule has 9 nitrogen and oxygen atoms in total. The zero-order valence-corrected chi connectivity index (χ0v) is 14.2. The molecule has 3 aromatic heterocycles. The Morgan fingerprint density at radius 2 is 2.08 bits per heavy atom. The van der Waals surface area contributed by atoms with Gasteiger partial charge in [0.1, 0.15) is 0 Å². The zero-order chi connectivity index (χ0) is 17.4. The van der Waals surface area contributed by atoms with Crippen molar-refractivity contribution in [1.82, 2.24) is 34.9 Å². The maximum absolute atomic E-state index is 12.5. The van der Waals surface area contributed by atoms with Crippen molar-refractivity contribution >= 4 is 17.4 Å². The fourth-order valence-corrected chi connectivity index (χ4v) is 3.12. The summed E-state index contributed by atoms with van der Waals surface area (Å²) < 4.78 is 3.46. The second-order valence-electron chi connectivity index (χ2n) is 6.38. The Labute approximate surface area is 144 Å². The molecule has 2 N–H and O–H groups in total. The number of carbonyl (C=O) groups is 1. The molecule has 25 heavy (non-hydrogen) atoms. The summed E-state index contributed by atoms with van der Waals surface area (Å²) in [5, 5.41) is 18.6. The van der Waals surface area contributed by atoms with E-state index in [9.17, 15) is 4.79 Å². The molecule has 1 aliphatic rings. The van der Waals surface area contributed by atoms with Gasteiger partial charge in [-0.05, 0) is 51.4 Å². The van der Waals surface area contributed by atoms with Gasteiger partial charge in [-0.25, -0.2) is 14.2 Å². The van der Waals surface area contributed by atoms with Crippen molar-refractivity contribution in [2.75, 3.05) is 18.4 Å². The van der Waals surface area contributed by atoms with E-state index in [0.29, 0.717) is 17.6 Å². The van der Waals surface area contributed by atoms with E-state index >= 15 is 0 Å². The highest BCUT2D eigenvalue weighted by atomic mass is 16.2. The van der Waals surface area contributed by atoms with Gasteiger partial charge in [0.15, 0.2) is 17.2 Å². The molecule has 0 aliphatic carbocycles. The molecule has 130 valence electrons. The van der Waals surface area contributed by atoms with Crippen LogP contribution in [0.25, 0.3) is 5.65 Å². The highest BCUT2D eigenvalue weighted by Gasteiger charge is 2.19. The third kappa shape index (κ3) is 3.10. The Morgan fingerprint density at radius 3 is 2.88 bits per heavy atom. The van der Waals surface area contributed by atoms with Crippen LogP contribution in [0.5, 0.6) is 0 Å². The van der Waals surface area contributed by atoms with Crippen LogP contribution < -0.4 is 10.6 Å². The number of amides is 1. The van der Waals surface area contributed by atoms with E-state index < -0.39 is 0 Å². The molecule has 1 amide bonds. The van der Waals surface area contributed by atoms with Crippen LogP contribution in [0, 0.1) is 13.8 Å². The monoisotopic (exact) mass is 340 g/mol. The first-order valence-electron chi connectivity index (χ1n) is 8.38. The number of carbonyl (C=O) groups excluding carboxylic acids is 1. The van der Waals surface area contributed by atoms with E-state index in [4.69, 9.17) is 0 Å². The molecular formula is C16H20N8O. The lowest BCUT2D eigenvalue weighted by Crippen LogP contribution is -2.29. The molecule has 0 saturated carbocycles. The van der Waals surface area contributed by atoms with Gasteiger partial charge < -0.3 is 10.6 Å². The van der Waals surface area contributed by atoms with Gasteiger partial charge in [0, 0.05) is 0 Å².